The number of rotatable bonds is 2. The Morgan fingerprint density at radius 2 is 1.29 bits per heavy atom. The minimum Gasteiger partial charge on any atom is -1.00 e. The summed E-state index contributed by atoms with van der Waals surface area (Å²) in [4.78, 5) is 0. The van der Waals surface area contributed by atoms with E-state index in [2.05, 4.69) is 67.9 Å². The van der Waals surface area contributed by atoms with Gasteiger partial charge >= 0.3 is 0 Å². The van der Waals surface area contributed by atoms with Crippen LogP contribution in [0.5, 0.6) is 0 Å². The topological polar surface area (TPSA) is 3.88 Å². The van der Waals surface area contributed by atoms with E-state index in [1.807, 2.05) is 11.6 Å². The van der Waals surface area contributed by atoms with Crippen molar-refractivity contribution in [3.8, 4) is 0 Å². The molecule has 2 aromatic rings. The first-order chi connectivity index (χ1) is 7.74. The van der Waals surface area contributed by atoms with Gasteiger partial charge < -0.3 is 24.0 Å². The molecule has 0 N–H and O–H groups in total. The fourth-order valence-electron chi connectivity index (χ4n) is 1.49. The van der Waals surface area contributed by atoms with E-state index in [1.54, 1.807) is 0 Å². The molecule has 0 radical (unpaired) electrons. The van der Waals surface area contributed by atoms with Crippen molar-refractivity contribution >= 4 is 12.2 Å². The van der Waals surface area contributed by atoms with Gasteiger partial charge in [0.25, 0.3) is 0 Å². The second-order valence-corrected chi connectivity index (χ2v) is 4.04. The molecule has 0 unspecified atom stereocenters. The molecule has 1 nitrogen and oxygen atoms in total. The van der Waals surface area contributed by atoms with Gasteiger partial charge in [-0.3, -0.25) is 0 Å². The average Bonchev–Trinajstić information content (AvgIpc) is 2.30. The molecule has 0 fully saturated rings. The second-order valence-electron chi connectivity index (χ2n) is 4.04. The van der Waals surface area contributed by atoms with Crippen LogP contribution in [0.4, 0.5) is 0 Å². The lowest BCUT2D eigenvalue weighted by molar-refractivity contribution is -0.671. The lowest BCUT2D eigenvalue weighted by atomic mass is 10.1. The summed E-state index contributed by atoms with van der Waals surface area (Å²) in [6.45, 7) is 2.10. The van der Waals surface area contributed by atoms with Crippen molar-refractivity contribution in [3.63, 3.8) is 0 Å². The molecule has 0 bridgehead atoms. The molecule has 0 atom stereocenters. The third-order valence-corrected chi connectivity index (χ3v) is 2.55. The summed E-state index contributed by atoms with van der Waals surface area (Å²) in [6.07, 6.45) is 8.36. The van der Waals surface area contributed by atoms with Gasteiger partial charge in [-0.1, -0.05) is 42.0 Å². The van der Waals surface area contributed by atoms with Crippen LogP contribution in [0.2, 0.25) is 0 Å². The molecule has 1 aromatic heterocycles. The summed E-state index contributed by atoms with van der Waals surface area (Å²) < 4.78 is 2.03. The molecule has 0 aliphatic carbocycles. The van der Waals surface area contributed by atoms with Crippen molar-refractivity contribution in [1.29, 1.82) is 0 Å². The van der Waals surface area contributed by atoms with E-state index in [-0.39, 0.29) is 24.0 Å². The van der Waals surface area contributed by atoms with E-state index in [1.165, 1.54) is 16.7 Å². The molecule has 0 saturated carbocycles. The number of hydrogen-bond donors (Lipinski definition) is 0. The van der Waals surface area contributed by atoms with E-state index in [9.17, 15) is 0 Å². The quantitative estimate of drug-likeness (QED) is 0.536. The summed E-state index contributed by atoms with van der Waals surface area (Å²) in [5, 5.41) is 0. The maximum atomic E-state index is 2.13. The number of aromatic nitrogens is 1. The normalized spacial score (nSPS) is 10.2. The summed E-state index contributed by atoms with van der Waals surface area (Å²) in [5.74, 6) is 0. The summed E-state index contributed by atoms with van der Waals surface area (Å²) in [5.41, 5.74) is 3.75. The smallest absolute Gasteiger partial charge is 0.169 e. The predicted octanol–water partition coefficient (Wildman–Crippen LogP) is -0.00608. The molecule has 0 saturated heterocycles. The number of pyridine rings is 1. The number of benzene rings is 1. The first-order valence-corrected chi connectivity index (χ1v) is 5.44. The highest BCUT2D eigenvalue weighted by Gasteiger charge is 1.91. The number of nitrogens with zero attached hydrogens (tertiary/aromatic N) is 1. The zero-order valence-electron chi connectivity index (χ0n) is 10.1. The predicted molar refractivity (Wildman–Crippen MR) is 67.7 cm³/mol. The Kier molecular flexibility index (Phi) is 5.35. The first kappa shape index (κ1) is 13.9. The molecular weight excluding hydrogens is 321 g/mol. The van der Waals surface area contributed by atoms with Crippen LogP contribution in [0, 0.1) is 6.92 Å². The third kappa shape index (κ3) is 4.30. The highest BCUT2D eigenvalue weighted by atomic mass is 127. The SMILES string of the molecule is Cc1ccc(C=Cc2cc[n+](C)cc2)cc1.[I-]. The van der Waals surface area contributed by atoms with Gasteiger partial charge in [-0.25, -0.2) is 4.57 Å². The zero-order valence-corrected chi connectivity index (χ0v) is 12.3. The van der Waals surface area contributed by atoms with Gasteiger partial charge in [0.05, 0.1) is 0 Å². The van der Waals surface area contributed by atoms with Crippen LogP contribution in [0.1, 0.15) is 16.7 Å². The minimum atomic E-state index is 0. The van der Waals surface area contributed by atoms with Gasteiger partial charge in [-0.05, 0) is 18.1 Å². The first-order valence-electron chi connectivity index (χ1n) is 5.44. The van der Waals surface area contributed by atoms with E-state index < -0.39 is 0 Å². The number of halogens is 1. The van der Waals surface area contributed by atoms with Crippen LogP contribution in [0.15, 0.2) is 48.8 Å². The number of hydrogen-bond acceptors (Lipinski definition) is 0. The summed E-state index contributed by atoms with van der Waals surface area (Å²) >= 11 is 0. The molecule has 0 aliphatic rings. The molecule has 2 rings (SSSR count). The zero-order chi connectivity index (χ0) is 11.4. The van der Waals surface area contributed by atoms with Gasteiger partial charge in [-0.2, -0.15) is 0 Å². The molecule has 88 valence electrons. The van der Waals surface area contributed by atoms with E-state index in [4.69, 9.17) is 0 Å². The molecule has 0 spiro atoms. The standard InChI is InChI=1S/C15H16N.HI/c1-13-3-5-14(6-4-13)7-8-15-9-11-16(2)12-10-15;/h3-12H,1-2H3;1H/q+1;/p-1. The van der Waals surface area contributed by atoms with Gasteiger partial charge in [0, 0.05) is 12.1 Å². The highest BCUT2D eigenvalue weighted by molar-refractivity contribution is 5.69. The number of aryl methyl sites for hydroxylation is 2. The van der Waals surface area contributed by atoms with Gasteiger partial charge in [0.15, 0.2) is 12.4 Å². The maximum absolute atomic E-state index is 2.13. The Hall–Kier alpha value is -1.16. The molecule has 17 heavy (non-hydrogen) atoms. The molecular formula is C15H16IN. The van der Waals surface area contributed by atoms with E-state index >= 15 is 0 Å². The van der Waals surface area contributed by atoms with Crippen molar-refractivity contribution in [2.24, 2.45) is 7.05 Å². The lowest BCUT2D eigenvalue weighted by Gasteiger charge is -1.95. The van der Waals surface area contributed by atoms with Crippen molar-refractivity contribution < 1.29 is 28.5 Å². The van der Waals surface area contributed by atoms with Crippen molar-refractivity contribution in [2.45, 2.75) is 6.92 Å². The molecule has 0 aliphatic heterocycles. The summed E-state index contributed by atoms with van der Waals surface area (Å²) in [6, 6.07) is 12.7. The average molecular weight is 337 g/mol. The Labute approximate surface area is 120 Å². The summed E-state index contributed by atoms with van der Waals surface area (Å²) in [7, 11) is 2.02. The van der Waals surface area contributed by atoms with Crippen LogP contribution in [-0.4, -0.2) is 0 Å². The Balaban J connectivity index is 0.00000144. The van der Waals surface area contributed by atoms with Crippen LogP contribution in [0.25, 0.3) is 12.2 Å². The van der Waals surface area contributed by atoms with Crippen LogP contribution in [-0.2, 0) is 7.05 Å². The largest absolute Gasteiger partial charge is 1.00 e. The van der Waals surface area contributed by atoms with Crippen molar-refractivity contribution in [1.82, 2.24) is 0 Å². The van der Waals surface area contributed by atoms with Crippen molar-refractivity contribution in [2.75, 3.05) is 0 Å². The second kappa shape index (κ2) is 6.55. The molecule has 2 heteroatoms. The Bertz CT molecular complexity index is 436. The van der Waals surface area contributed by atoms with Crippen molar-refractivity contribution in [3.05, 3.63) is 65.5 Å². The lowest BCUT2D eigenvalue weighted by Crippen LogP contribution is -3.00. The minimum absolute atomic E-state index is 0. The van der Waals surface area contributed by atoms with E-state index in [0.29, 0.717) is 0 Å². The highest BCUT2D eigenvalue weighted by Crippen LogP contribution is 2.08. The fraction of sp³-hybridized carbons (Fsp3) is 0.133. The van der Waals surface area contributed by atoms with Crippen LogP contribution in [0.3, 0.4) is 0 Å². The van der Waals surface area contributed by atoms with Crippen LogP contribution >= 0.6 is 0 Å². The van der Waals surface area contributed by atoms with E-state index in [0.717, 1.165) is 0 Å². The Morgan fingerprint density at radius 3 is 1.82 bits per heavy atom. The van der Waals surface area contributed by atoms with Gasteiger partial charge in [0.2, 0.25) is 0 Å². The monoisotopic (exact) mass is 337 g/mol. The van der Waals surface area contributed by atoms with Gasteiger partial charge in [0.1, 0.15) is 7.05 Å². The van der Waals surface area contributed by atoms with Gasteiger partial charge in [-0.15, -0.1) is 0 Å². The van der Waals surface area contributed by atoms with Crippen LogP contribution < -0.4 is 28.5 Å². The Morgan fingerprint density at radius 1 is 0.824 bits per heavy atom. The molecule has 1 heterocycles. The molecule has 0 amide bonds. The fourth-order valence-corrected chi connectivity index (χ4v) is 1.49. The molecule has 1 aromatic carbocycles. The maximum Gasteiger partial charge on any atom is 0.169 e. The third-order valence-electron chi connectivity index (χ3n) is 2.55.